The molecule has 1 unspecified atom stereocenters. The Morgan fingerprint density at radius 2 is 2.22 bits per heavy atom. The molecule has 4 rings (SSSR count). The largest absolute Gasteiger partial charge is 0.347 e. The van der Waals surface area contributed by atoms with E-state index in [0.717, 1.165) is 26.2 Å². The van der Waals surface area contributed by atoms with E-state index in [4.69, 9.17) is 0 Å². The first-order valence-electron chi connectivity index (χ1n) is 6.85. The minimum atomic E-state index is 0.487. The fourth-order valence-electron chi connectivity index (χ4n) is 3.47. The third kappa shape index (κ3) is 1.44. The molecular weight excluding hydrogens is 222 g/mol. The summed E-state index contributed by atoms with van der Waals surface area (Å²) in [5.74, 6) is 0. The van der Waals surface area contributed by atoms with Gasteiger partial charge in [0.15, 0.2) is 0 Å². The molecule has 1 saturated heterocycles. The van der Waals surface area contributed by atoms with Crippen molar-refractivity contribution in [1.29, 1.82) is 0 Å². The Bertz CT molecular complexity index is 599. The monoisotopic (exact) mass is 241 g/mol. The highest BCUT2D eigenvalue weighted by molar-refractivity contribution is 5.88. The van der Waals surface area contributed by atoms with E-state index in [0.29, 0.717) is 6.04 Å². The minimum absolute atomic E-state index is 0.487. The Morgan fingerprint density at radius 1 is 1.28 bits per heavy atom. The average molecular weight is 241 g/mol. The fourth-order valence-corrected chi connectivity index (χ4v) is 3.47. The van der Waals surface area contributed by atoms with Gasteiger partial charge in [0.25, 0.3) is 0 Å². The van der Waals surface area contributed by atoms with Gasteiger partial charge in [-0.1, -0.05) is 18.2 Å². The van der Waals surface area contributed by atoms with Crippen LogP contribution >= 0.6 is 0 Å². The Morgan fingerprint density at radius 3 is 3.11 bits per heavy atom. The van der Waals surface area contributed by atoms with Crippen LogP contribution in [0.4, 0.5) is 0 Å². The van der Waals surface area contributed by atoms with E-state index in [9.17, 15) is 0 Å². The van der Waals surface area contributed by atoms with Crippen LogP contribution in [0.2, 0.25) is 0 Å². The first-order valence-corrected chi connectivity index (χ1v) is 6.85. The van der Waals surface area contributed by atoms with Gasteiger partial charge in [-0.25, -0.2) is 0 Å². The molecule has 18 heavy (non-hydrogen) atoms. The number of aryl methyl sites for hydroxylation is 2. The summed E-state index contributed by atoms with van der Waals surface area (Å²) < 4.78 is 2.44. The van der Waals surface area contributed by atoms with Gasteiger partial charge in [-0.05, 0) is 24.6 Å². The van der Waals surface area contributed by atoms with Crippen molar-refractivity contribution in [1.82, 2.24) is 14.8 Å². The molecule has 3 heterocycles. The summed E-state index contributed by atoms with van der Waals surface area (Å²) in [6.45, 7) is 4.51. The standard InChI is InChI=1S/C15H19N3/c1-17-8-6-16-14(10-17)13-9-18-7-5-11-3-2-4-12(13)15(11)18/h2-4,9,14,16H,5-8,10H2,1H3. The summed E-state index contributed by atoms with van der Waals surface area (Å²) in [6.07, 6.45) is 3.57. The molecular formula is C15H19N3. The van der Waals surface area contributed by atoms with Gasteiger partial charge >= 0.3 is 0 Å². The van der Waals surface area contributed by atoms with Crippen LogP contribution in [0.1, 0.15) is 17.2 Å². The van der Waals surface area contributed by atoms with Crippen LogP contribution in [0, 0.1) is 0 Å². The number of nitrogens with zero attached hydrogens (tertiary/aromatic N) is 2. The van der Waals surface area contributed by atoms with Crippen molar-refractivity contribution in [2.24, 2.45) is 0 Å². The van der Waals surface area contributed by atoms with Crippen LogP contribution in [-0.4, -0.2) is 36.1 Å². The van der Waals surface area contributed by atoms with Crippen molar-refractivity contribution in [3.8, 4) is 0 Å². The molecule has 0 aliphatic carbocycles. The number of hydrogen-bond donors (Lipinski definition) is 1. The molecule has 0 radical (unpaired) electrons. The zero-order chi connectivity index (χ0) is 12.1. The van der Waals surface area contributed by atoms with Gasteiger partial charge in [-0.15, -0.1) is 0 Å². The topological polar surface area (TPSA) is 20.2 Å². The molecule has 0 saturated carbocycles. The SMILES string of the molecule is CN1CCNC(c2cn3c4c(cccc24)CC3)C1. The lowest BCUT2D eigenvalue weighted by molar-refractivity contribution is 0.241. The van der Waals surface area contributed by atoms with Crippen molar-refractivity contribution in [3.05, 3.63) is 35.5 Å². The number of likely N-dealkylation sites (N-methyl/N-ethyl adjacent to an activating group) is 1. The molecule has 0 amide bonds. The maximum absolute atomic E-state index is 3.66. The quantitative estimate of drug-likeness (QED) is 0.821. The number of nitrogens with one attached hydrogen (secondary N) is 1. The van der Waals surface area contributed by atoms with Gasteiger partial charge < -0.3 is 14.8 Å². The lowest BCUT2D eigenvalue weighted by Crippen LogP contribution is -2.43. The van der Waals surface area contributed by atoms with Gasteiger partial charge in [0.1, 0.15) is 0 Å². The Hall–Kier alpha value is -1.32. The molecule has 1 N–H and O–H groups in total. The second-order valence-corrected chi connectivity index (χ2v) is 5.61. The highest BCUT2D eigenvalue weighted by Gasteiger charge is 2.24. The van der Waals surface area contributed by atoms with Crippen LogP contribution in [0.25, 0.3) is 10.9 Å². The van der Waals surface area contributed by atoms with E-state index in [1.807, 2.05) is 0 Å². The van der Waals surface area contributed by atoms with Crippen molar-refractivity contribution in [2.75, 3.05) is 26.7 Å². The second kappa shape index (κ2) is 3.84. The zero-order valence-electron chi connectivity index (χ0n) is 10.8. The van der Waals surface area contributed by atoms with Crippen molar-refractivity contribution >= 4 is 10.9 Å². The molecule has 3 nitrogen and oxygen atoms in total. The first-order chi connectivity index (χ1) is 8.83. The van der Waals surface area contributed by atoms with Crippen LogP contribution in [0.15, 0.2) is 24.4 Å². The fraction of sp³-hybridized carbons (Fsp3) is 0.467. The van der Waals surface area contributed by atoms with Crippen LogP contribution in [0.5, 0.6) is 0 Å². The van der Waals surface area contributed by atoms with Crippen molar-refractivity contribution in [3.63, 3.8) is 0 Å². The molecule has 0 bridgehead atoms. The van der Waals surface area contributed by atoms with E-state index >= 15 is 0 Å². The molecule has 0 spiro atoms. The predicted octanol–water partition coefficient (Wildman–Crippen LogP) is 1.77. The minimum Gasteiger partial charge on any atom is -0.347 e. The number of piperazine rings is 1. The van der Waals surface area contributed by atoms with Gasteiger partial charge in [-0.2, -0.15) is 0 Å². The van der Waals surface area contributed by atoms with Gasteiger partial charge in [0.2, 0.25) is 0 Å². The molecule has 2 aliphatic heterocycles. The number of hydrogen-bond acceptors (Lipinski definition) is 2. The molecule has 1 aromatic carbocycles. The summed E-state index contributed by atoms with van der Waals surface area (Å²) in [7, 11) is 2.21. The van der Waals surface area contributed by atoms with Crippen LogP contribution in [0.3, 0.4) is 0 Å². The van der Waals surface area contributed by atoms with Crippen LogP contribution < -0.4 is 5.32 Å². The molecule has 2 aliphatic rings. The summed E-state index contributed by atoms with van der Waals surface area (Å²) in [6, 6.07) is 7.26. The summed E-state index contributed by atoms with van der Waals surface area (Å²) in [5, 5.41) is 5.12. The van der Waals surface area contributed by atoms with Gasteiger partial charge in [0, 0.05) is 43.8 Å². The molecule has 1 aromatic heterocycles. The molecule has 94 valence electrons. The summed E-state index contributed by atoms with van der Waals surface area (Å²) in [4.78, 5) is 2.42. The number of para-hydroxylation sites is 1. The molecule has 3 heteroatoms. The third-order valence-corrected chi connectivity index (χ3v) is 4.39. The molecule has 1 fully saturated rings. The van der Waals surface area contributed by atoms with Crippen molar-refractivity contribution < 1.29 is 0 Å². The normalized spacial score (nSPS) is 23.9. The van der Waals surface area contributed by atoms with Gasteiger partial charge in [-0.3, -0.25) is 0 Å². The van der Waals surface area contributed by atoms with Gasteiger partial charge in [0.05, 0.1) is 5.52 Å². The Labute approximate surface area is 107 Å². The number of aromatic nitrogens is 1. The highest BCUT2D eigenvalue weighted by Crippen LogP contribution is 2.33. The molecule has 1 atom stereocenters. The lowest BCUT2D eigenvalue weighted by Gasteiger charge is -2.30. The second-order valence-electron chi connectivity index (χ2n) is 5.61. The maximum Gasteiger partial charge on any atom is 0.0517 e. The smallest absolute Gasteiger partial charge is 0.0517 e. The zero-order valence-corrected chi connectivity index (χ0v) is 10.8. The predicted molar refractivity (Wildman–Crippen MR) is 73.9 cm³/mol. The Balaban J connectivity index is 1.84. The van der Waals surface area contributed by atoms with E-state index in [-0.39, 0.29) is 0 Å². The van der Waals surface area contributed by atoms with E-state index in [2.05, 4.69) is 46.2 Å². The molecule has 2 aromatic rings. The number of benzene rings is 1. The number of rotatable bonds is 1. The van der Waals surface area contributed by atoms with Crippen LogP contribution in [-0.2, 0) is 13.0 Å². The first kappa shape index (κ1) is 10.6. The summed E-state index contributed by atoms with van der Waals surface area (Å²) >= 11 is 0. The van der Waals surface area contributed by atoms with E-state index < -0.39 is 0 Å². The Kier molecular flexibility index (Phi) is 2.26. The average Bonchev–Trinajstić information content (AvgIpc) is 2.95. The van der Waals surface area contributed by atoms with E-state index in [1.165, 1.54) is 28.5 Å². The van der Waals surface area contributed by atoms with Crippen molar-refractivity contribution in [2.45, 2.75) is 19.0 Å². The third-order valence-electron chi connectivity index (χ3n) is 4.39. The highest BCUT2D eigenvalue weighted by atomic mass is 15.2. The summed E-state index contributed by atoms with van der Waals surface area (Å²) in [5.41, 5.74) is 4.48. The van der Waals surface area contributed by atoms with E-state index in [1.54, 1.807) is 0 Å². The maximum atomic E-state index is 3.66. The lowest BCUT2D eigenvalue weighted by atomic mass is 10.0.